The van der Waals surface area contributed by atoms with Crippen LogP contribution in [0, 0.1) is 6.92 Å². The summed E-state index contributed by atoms with van der Waals surface area (Å²) in [6.45, 7) is 1.94. The predicted octanol–water partition coefficient (Wildman–Crippen LogP) is 3.29. The molecule has 1 amide bonds. The van der Waals surface area contributed by atoms with Crippen molar-refractivity contribution in [1.82, 2.24) is 25.4 Å². The Morgan fingerprint density at radius 2 is 1.96 bits per heavy atom. The van der Waals surface area contributed by atoms with E-state index in [1.807, 2.05) is 55.5 Å². The van der Waals surface area contributed by atoms with Gasteiger partial charge in [0.2, 0.25) is 5.91 Å². The van der Waals surface area contributed by atoms with Crippen molar-refractivity contribution in [1.29, 1.82) is 0 Å². The number of nitrogens with zero attached hydrogens (tertiary/aromatic N) is 4. The topological polar surface area (TPSA) is 96.5 Å². The van der Waals surface area contributed by atoms with Gasteiger partial charge in [-0.1, -0.05) is 36.4 Å². The summed E-state index contributed by atoms with van der Waals surface area (Å²) >= 11 is 0. The molecule has 3 aromatic heterocycles. The quantitative estimate of drug-likeness (QED) is 0.571. The van der Waals surface area contributed by atoms with Crippen molar-refractivity contribution in [2.45, 2.75) is 19.8 Å². The van der Waals surface area contributed by atoms with Crippen molar-refractivity contribution in [2.75, 3.05) is 5.32 Å². The Labute approximate surface area is 155 Å². The molecule has 0 saturated heterocycles. The lowest BCUT2D eigenvalue weighted by atomic mass is 10.1. The monoisotopic (exact) mass is 358 g/mol. The molecule has 7 heteroatoms. The smallest absolute Gasteiger partial charge is 0.225 e. The molecule has 0 saturated carbocycles. The zero-order valence-electron chi connectivity index (χ0n) is 14.8. The van der Waals surface area contributed by atoms with Crippen LogP contribution in [0.1, 0.15) is 17.7 Å². The van der Waals surface area contributed by atoms with Crippen LogP contribution in [0.3, 0.4) is 0 Å². The van der Waals surface area contributed by atoms with Gasteiger partial charge >= 0.3 is 0 Å². The average molecular weight is 358 g/mol. The number of nitrogens with one attached hydrogen (secondary N) is 2. The zero-order valence-corrected chi connectivity index (χ0v) is 14.8. The molecule has 4 rings (SSSR count). The number of amides is 1. The van der Waals surface area contributed by atoms with Crippen LogP contribution in [0.25, 0.3) is 22.3 Å². The van der Waals surface area contributed by atoms with Gasteiger partial charge in [-0.15, -0.1) is 10.2 Å². The van der Waals surface area contributed by atoms with E-state index in [2.05, 4.69) is 30.7 Å². The Bertz CT molecular complexity index is 1070. The van der Waals surface area contributed by atoms with Gasteiger partial charge in [-0.05, 0) is 31.0 Å². The fraction of sp³-hybridized carbons (Fsp3) is 0.150. The number of benzene rings is 1. The number of aromatic nitrogens is 5. The lowest BCUT2D eigenvalue weighted by Gasteiger charge is -2.04. The summed E-state index contributed by atoms with van der Waals surface area (Å²) < 4.78 is 0. The van der Waals surface area contributed by atoms with E-state index in [9.17, 15) is 4.79 Å². The zero-order chi connectivity index (χ0) is 18.6. The third-order valence-corrected chi connectivity index (χ3v) is 4.26. The molecule has 0 atom stereocenters. The fourth-order valence-corrected chi connectivity index (χ4v) is 2.77. The number of hydrogen-bond acceptors (Lipinski definition) is 5. The number of aromatic amines is 1. The predicted molar refractivity (Wildman–Crippen MR) is 103 cm³/mol. The summed E-state index contributed by atoms with van der Waals surface area (Å²) in [6, 6.07) is 15.6. The molecular formula is C20H18N6O. The number of carbonyl (C=O) groups excluding carboxylic acids is 1. The summed E-state index contributed by atoms with van der Waals surface area (Å²) in [6.07, 6.45) is 2.77. The number of anilines is 1. The molecule has 0 fully saturated rings. The Morgan fingerprint density at radius 3 is 2.74 bits per heavy atom. The van der Waals surface area contributed by atoms with Crippen molar-refractivity contribution in [2.24, 2.45) is 0 Å². The molecule has 27 heavy (non-hydrogen) atoms. The summed E-state index contributed by atoms with van der Waals surface area (Å²) in [5.74, 6) is 0.353. The average Bonchev–Trinajstić information content (AvgIpc) is 3.10. The maximum Gasteiger partial charge on any atom is 0.225 e. The van der Waals surface area contributed by atoms with Crippen molar-refractivity contribution in [3.63, 3.8) is 0 Å². The Balaban J connectivity index is 1.49. The van der Waals surface area contributed by atoms with Gasteiger partial charge in [0.05, 0.1) is 11.1 Å². The number of rotatable bonds is 5. The molecule has 134 valence electrons. The van der Waals surface area contributed by atoms with Crippen LogP contribution in [0.5, 0.6) is 0 Å². The maximum atomic E-state index is 12.3. The highest BCUT2D eigenvalue weighted by atomic mass is 16.1. The number of aryl methyl sites for hydroxylation is 2. The third-order valence-electron chi connectivity index (χ3n) is 4.26. The van der Waals surface area contributed by atoms with E-state index in [-0.39, 0.29) is 5.91 Å². The first-order valence-electron chi connectivity index (χ1n) is 8.67. The van der Waals surface area contributed by atoms with Crippen molar-refractivity contribution >= 4 is 22.8 Å². The molecule has 2 N–H and O–H groups in total. The van der Waals surface area contributed by atoms with Crippen LogP contribution < -0.4 is 5.32 Å². The number of H-pyrrole nitrogens is 1. The van der Waals surface area contributed by atoms with Crippen molar-refractivity contribution in [3.8, 4) is 11.3 Å². The molecule has 7 nitrogen and oxygen atoms in total. The van der Waals surface area contributed by atoms with Crippen LogP contribution in [-0.2, 0) is 11.2 Å². The van der Waals surface area contributed by atoms with Gasteiger partial charge in [0, 0.05) is 23.9 Å². The Kier molecular flexibility index (Phi) is 4.57. The van der Waals surface area contributed by atoms with E-state index in [1.165, 1.54) is 0 Å². The maximum absolute atomic E-state index is 12.3. The van der Waals surface area contributed by atoms with E-state index in [0.29, 0.717) is 24.3 Å². The normalized spacial score (nSPS) is 10.9. The van der Waals surface area contributed by atoms with E-state index < -0.39 is 0 Å². The fourth-order valence-electron chi connectivity index (χ4n) is 2.77. The van der Waals surface area contributed by atoms with Crippen LogP contribution in [-0.4, -0.2) is 31.3 Å². The second kappa shape index (κ2) is 7.33. The molecule has 0 unspecified atom stereocenters. The number of pyridine rings is 1. The number of fused-ring (bicyclic) bond motifs is 1. The second-order valence-corrected chi connectivity index (χ2v) is 6.29. The molecule has 0 bridgehead atoms. The second-order valence-electron chi connectivity index (χ2n) is 6.29. The molecule has 3 heterocycles. The van der Waals surface area contributed by atoms with Gasteiger partial charge in [0.15, 0.2) is 11.5 Å². The molecule has 0 aliphatic carbocycles. The first kappa shape index (κ1) is 16.8. The first-order valence-corrected chi connectivity index (χ1v) is 8.67. The molecule has 1 aromatic carbocycles. The van der Waals surface area contributed by atoms with Gasteiger partial charge in [0.1, 0.15) is 0 Å². The van der Waals surface area contributed by atoms with Crippen LogP contribution in [0.4, 0.5) is 5.82 Å². The summed E-state index contributed by atoms with van der Waals surface area (Å²) in [5.41, 5.74) is 4.21. The molecule has 0 radical (unpaired) electrons. The molecular weight excluding hydrogens is 340 g/mol. The van der Waals surface area contributed by atoms with Gasteiger partial charge in [-0.3, -0.25) is 14.9 Å². The van der Waals surface area contributed by atoms with Gasteiger partial charge in [-0.2, -0.15) is 5.10 Å². The van der Waals surface area contributed by atoms with Gasteiger partial charge < -0.3 is 5.32 Å². The minimum absolute atomic E-state index is 0.109. The summed E-state index contributed by atoms with van der Waals surface area (Å²) in [4.78, 5) is 16.6. The molecule has 0 aliphatic heterocycles. The van der Waals surface area contributed by atoms with E-state index >= 15 is 0 Å². The number of carbonyl (C=O) groups is 1. The van der Waals surface area contributed by atoms with Crippen molar-refractivity contribution in [3.05, 3.63) is 66.0 Å². The van der Waals surface area contributed by atoms with Gasteiger partial charge in [0.25, 0.3) is 0 Å². The van der Waals surface area contributed by atoms with Gasteiger partial charge in [-0.25, -0.2) is 0 Å². The van der Waals surface area contributed by atoms with E-state index in [0.717, 1.165) is 27.9 Å². The standard InChI is InChI=1S/C20H18N6O/c1-13-7-8-14(12-21-13)9-10-18(27)22-19-16-11-17(15-5-3-2-4-6-15)23-25-20(16)26-24-19/h2-8,11-12H,9-10H2,1H3,(H2,22,24,25,26,27). The van der Waals surface area contributed by atoms with Crippen LogP contribution >= 0.6 is 0 Å². The molecule has 0 aliphatic rings. The Morgan fingerprint density at radius 1 is 1.11 bits per heavy atom. The largest absolute Gasteiger partial charge is 0.309 e. The molecule has 4 aromatic rings. The summed E-state index contributed by atoms with van der Waals surface area (Å²) in [7, 11) is 0. The lowest BCUT2D eigenvalue weighted by molar-refractivity contribution is -0.116. The highest BCUT2D eigenvalue weighted by molar-refractivity contribution is 5.99. The lowest BCUT2D eigenvalue weighted by Crippen LogP contribution is -2.13. The van der Waals surface area contributed by atoms with Crippen LogP contribution in [0.2, 0.25) is 0 Å². The molecule has 0 spiro atoms. The Hall–Kier alpha value is -3.61. The van der Waals surface area contributed by atoms with E-state index in [1.54, 1.807) is 6.20 Å². The highest BCUT2D eigenvalue weighted by Crippen LogP contribution is 2.24. The highest BCUT2D eigenvalue weighted by Gasteiger charge is 2.12. The SMILES string of the molecule is Cc1ccc(CCC(=O)Nc2n[nH]c3nnc(-c4ccccc4)cc23)cn1. The third kappa shape index (κ3) is 3.82. The number of hydrogen-bond donors (Lipinski definition) is 2. The van der Waals surface area contributed by atoms with Crippen LogP contribution in [0.15, 0.2) is 54.7 Å². The van der Waals surface area contributed by atoms with E-state index in [4.69, 9.17) is 0 Å². The minimum atomic E-state index is -0.109. The summed E-state index contributed by atoms with van der Waals surface area (Å²) in [5, 5.41) is 18.9. The first-order chi connectivity index (χ1) is 13.2. The minimum Gasteiger partial charge on any atom is -0.309 e. The van der Waals surface area contributed by atoms with Crippen molar-refractivity contribution < 1.29 is 4.79 Å².